The van der Waals surface area contributed by atoms with Crippen molar-refractivity contribution in [1.29, 1.82) is 0 Å². The molecule has 1 aliphatic heterocycles. The summed E-state index contributed by atoms with van der Waals surface area (Å²) in [6.45, 7) is 1.06. The highest BCUT2D eigenvalue weighted by Crippen LogP contribution is 2.37. The molecule has 1 aliphatic rings. The first-order chi connectivity index (χ1) is 15.9. The number of piperazine rings is 1. The third-order valence-electron chi connectivity index (χ3n) is 5.17. The monoisotopic (exact) mass is 507 g/mol. The van der Waals surface area contributed by atoms with Crippen LogP contribution in [-0.4, -0.2) is 50.5 Å². The summed E-state index contributed by atoms with van der Waals surface area (Å²) in [6, 6.07) is 4.49. The lowest BCUT2D eigenvalue weighted by molar-refractivity contribution is -0.141. The summed E-state index contributed by atoms with van der Waals surface area (Å²) in [7, 11) is 0. The standard InChI is InChI=1S/C19H16ClF6N7O/c20-14-2-1-12(9-13(14)18(21,22)23)30-5-7-31(8-6-30)16-27-10-32(17(34)28-16)11-33-4-3-15(29-33)19(24,25)26/h1-4,9-10H,5-8,11H2. The first kappa shape index (κ1) is 23.9. The first-order valence-electron chi connectivity index (χ1n) is 9.82. The van der Waals surface area contributed by atoms with Crippen LogP contribution in [0.5, 0.6) is 0 Å². The van der Waals surface area contributed by atoms with Crippen LogP contribution in [0.2, 0.25) is 5.02 Å². The van der Waals surface area contributed by atoms with Crippen LogP contribution in [0.1, 0.15) is 11.3 Å². The van der Waals surface area contributed by atoms with Crippen LogP contribution in [0, 0.1) is 0 Å². The van der Waals surface area contributed by atoms with E-state index in [2.05, 4.69) is 15.1 Å². The fourth-order valence-electron chi connectivity index (χ4n) is 3.44. The van der Waals surface area contributed by atoms with Crippen molar-refractivity contribution in [2.24, 2.45) is 0 Å². The molecular weight excluding hydrogens is 492 g/mol. The Bertz CT molecular complexity index is 1230. The fraction of sp³-hybridized carbons (Fsp3) is 0.368. The van der Waals surface area contributed by atoms with E-state index in [9.17, 15) is 31.1 Å². The number of anilines is 2. The number of aromatic nitrogens is 5. The number of rotatable bonds is 4. The van der Waals surface area contributed by atoms with Gasteiger partial charge in [0.2, 0.25) is 5.95 Å². The Kier molecular flexibility index (Phi) is 6.18. The highest BCUT2D eigenvalue weighted by atomic mass is 35.5. The molecule has 3 heterocycles. The van der Waals surface area contributed by atoms with Gasteiger partial charge in [-0.3, -0.25) is 9.25 Å². The fourth-order valence-corrected chi connectivity index (χ4v) is 3.66. The molecule has 182 valence electrons. The zero-order valence-corrected chi connectivity index (χ0v) is 17.9. The minimum Gasteiger partial charge on any atom is -0.368 e. The molecule has 1 aromatic carbocycles. The Morgan fingerprint density at radius 2 is 1.62 bits per heavy atom. The van der Waals surface area contributed by atoms with Gasteiger partial charge in [-0.15, -0.1) is 0 Å². The van der Waals surface area contributed by atoms with Crippen molar-refractivity contribution in [3.63, 3.8) is 0 Å². The average Bonchev–Trinajstić information content (AvgIpc) is 3.24. The van der Waals surface area contributed by atoms with Crippen LogP contribution in [0.4, 0.5) is 38.0 Å². The van der Waals surface area contributed by atoms with Gasteiger partial charge in [0.25, 0.3) is 0 Å². The predicted molar refractivity (Wildman–Crippen MR) is 110 cm³/mol. The number of alkyl halides is 6. The van der Waals surface area contributed by atoms with Crippen LogP contribution in [0.3, 0.4) is 0 Å². The van der Waals surface area contributed by atoms with E-state index in [0.717, 1.165) is 33.9 Å². The van der Waals surface area contributed by atoms with E-state index in [1.165, 1.54) is 12.1 Å². The Balaban J connectivity index is 1.42. The van der Waals surface area contributed by atoms with Crippen molar-refractivity contribution in [1.82, 2.24) is 24.3 Å². The third kappa shape index (κ3) is 5.11. The van der Waals surface area contributed by atoms with Crippen molar-refractivity contribution in [2.45, 2.75) is 19.0 Å². The van der Waals surface area contributed by atoms with E-state index in [-0.39, 0.29) is 17.6 Å². The molecule has 0 radical (unpaired) electrons. The van der Waals surface area contributed by atoms with E-state index >= 15 is 0 Å². The van der Waals surface area contributed by atoms with Gasteiger partial charge in [0.15, 0.2) is 5.69 Å². The van der Waals surface area contributed by atoms with Gasteiger partial charge in [-0.05, 0) is 24.3 Å². The lowest BCUT2D eigenvalue weighted by atomic mass is 10.1. The zero-order chi connectivity index (χ0) is 24.7. The Morgan fingerprint density at radius 3 is 2.21 bits per heavy atom. The summed E-state index contributed by atoms with van der Waals surface area (Å²) in [5.41, 5.74) is -2.37. The van der Waals surface area contributed by atoms with Crippen molar-refractivity contribution in [2.75, 3.05) is 36.0 Å². The molecule has 3 aromatic rings. The van der Waals surface area contributed by atoms with Gasteiger partial charge in [0.05, 0.1) is 10.6 Å². The minimum atomic E-state index is -4.60. The summed E-state index contributed by atoms with van der Waals surface area (Å²) in [6.07, 6.45) is -6.93. The lowest BCUT2D eigenvalue weighted by Crippen LogP contribution is -2.47. The summed E-state index contributed by atoms with van der Waals surface area (Å²) < 4.78 is 79.3. The molecule has 0 unspecified atom stereocenters. The second-order valence-corrected chi connectivity index (χ2v) is 7.83. The Hall–Kier alpha value is -3.29. The topological polar surface area (TPSA) is 72.1 Å². The molecule has 2 aromatic heterocycles. The smallest absolute Gasteiger partial charge is 0.368 e. The van der Waals surface area contributed by atoms with Gasteiger partial charge in [-0.1, -0.05) is 11.6 Å². The van der Waals surface area contributed by atoms with Crippen LogP contribution < -0.4 is 15.5 Å². The number of halogens is 7. The van der Waals surface area contributed by atoms with Gasteiger partial charge >= 0.3 is 18.0 Å². The van der Waals surface area contributed by atoms with Crippen molar-refractivity contribution < 1.29 is 26.3 Å². The summed E-state index contributed by atoms with van der Waals surface area (Å²) >= 11 is 5.67. The maximum atomic E-state index is 13.1. The summed E-state index contributed by atoms with van der Waals surface area (Å²) in [4.78, 5) is 23.8. The molecule has 0 spiro atoms. The molecule has 8 nitrogen and oxygen atoms in total. The van der Waals surface area contributed by atoms with Gasteiger partial charge in [-0.2, -0.15) is 36.4 Å². The molecule has 15 heteroatoms. The lowest BCUT2D eigenvalue weighted by Gasteiger charge is -2.36. The van der Waals surface area contributed by atoms with E-state index in [1.807, 2.05) is 0 Å². The summed E-state index contributed by atoms with van der Waals surface area (Å²) in [5.74, 6) is 0.115. The summed E-state index contributed by atoms with van der Waals surface area (Å²) in [5, 5.41) is 2.99. The van der Waals surface area contributed by atoms with E-state index < -0.39 is 29.3 Å². The number of benzene rings is 1. The van der Waals surface area contributed by atoms with Crippen molar-refractivity contribution >= 4 is 23.2 Å². The maximum absolute atomic E-state index is 13.1. The average molecular weight is 508 g/mol. The van der Waals surface area contributed by atoms with Crippen LogP contribution in [-0.2, 0) is 19.0 Å². The molecule has 4 rings (SSSR count). The third-order valence-corrected chi connectivity index (χ3v) is 5.49. The van der Waals surface area contributed by atoms with Gasteiger partial charge in [-0.25, -0.2) is 9.78 Å². The zero-order valence-electron chi connectivity index (χ0n) is 17.2. The number of nitrogens with zero attached hydrogens (tertiary/aromatic N) is 7. The molecule has 1 fully saturated rings. The SMILES string of the molecule is O=c1nc(N2CCN(c3ccc(Cl)c(C(F)(F)F)c3)CC2)ncn1Cn1ccc(C(F)(F)F)n1. The highest BCUT2D eigenvalue weighted by Gasteiger charge is 2.34. The van der Waals surface area contributed by atoms with Crippen molar-refractivity contribution in [3.05, 3.63) is 63.6 Å². The molecule has 0 atom stereocenters. The van der Waals surface area contributed by atoms with Crippen LogP contribution in [0.15, 0.2) is 41.6 Å². The molecule has 0 N–H and O–H groups in total. The number of hydrogen-bond acceptors (Lipinski definition) is 6. The van der Waals surface area contributed by atoms with E-state index in [4.69, 9.17) is 11.6 Å². The predicted octanol–water partition coefficient (Wildman–Crippen LogP) is 3.36. The van der Waals surface area contributed by atoms with Gasteiger partial charge in [0, 0.05) is 38.1 Å². The van der Waals surface area contributed by atoms with Crippen LogP contribution >= 0.6 is 11.6 Å². The number of hydrogen-bond donors (Lipinski definition) is 0. The van der Waals surface area contributed by atoms with Gasteiger partial charge < -0.3 is 9.80 Å². The second kappa shape index (κ2) is 8.81. The Morgan fingerprint density at radius 1 is 0.941 bits per heavy atom. The largest absolute Gasteiger partial charge is 0.435 e. The molecule has 0 bridgehead atoms. The molecule has 0 aliphatic carbocycles. The molecule has 0 saturated carbocycles. The minimum absolute atomic E-state index is 0.115. The quantitative estimate of drug-likeness (QED) is 0.504. The first-order valence-corrected chi connectivity index (χ1v) is 10.2. The van der Waals surface area contributed by atoms with Crippen molar-refractivity contribution in [3.8, 4) is 0 Å². The molecule has 1 saturated heterocycles. The Labute approximate surface area is 193 Å². The second-order valence-electron chi connectivity index (χ2n) is 7.42. The van der Waals surface area contributed by atoms with E-state index in [0.29, 0.717) is 31.9 Å². The van der Waals surface area contributed by atoms with E-state index in [1.54, 1.807) is 9.80 Å². The molecule has 34 heavy (non-hydrogen) atoms. The maximum Gasteiger partial charge on any atom is 0.435 e. The van der Waals surface area contributed by atoms with Gasteiger partial charge in [0.1, 0.15) is 13.0 Å². The molecular formula is C19H16ClF6N7O. The van der Waals surface area contributed by atoms with Crippen LogP contribution in [0.25, 0.3) is 0 Å². The highest BCUT2D eigenvalue weighted by molar-refractivity contribution is 6.31. The molecule has 0 amide bonds. The normalized spacial score (nSPS) is 15.1.